The Morgan fingerprint density at radius 2 is 2.21 bits per heavy atom. The van der Waals surface area contributed by atoms with E-state index >= 15 is 0 Å². The van der Waals surface area contributed by atoms with Crippen LogP contribution in [0, 0.1) is 12.8 Å². The normalized spacial score (nSPS) is 17.6. The van der Waals surface area contributed by atoms with Crippen molar-refractivity contribution in [2.45, 2.75) is 39.0 Å². The molecule has 0 bridgehead atoms. The van der Waals surface area contributed by atoms with Crippen molar-refractivity contribution in [3.63, 3.8) is 0 Å². The Balaban J connectivity index is 1.66. The highest BCUT2D eigenvalue weighted by molar-refractivity contribution is 5.78. The molecule has 0 aromatic carbocycles. The second-order valence-corrected chi connectivity index (χ2v) is 6.04. The van der Waals surface area contributed by atoms with Gasteiger partial charge >= 0.3 is 6.18 Å². The molecule has 6 nitrogen and oxygen atoms in total. The van der Waals surface area contributed by atoms with Crippen molar-refractivity contribution in [2.75, 3.05) is 0 Å². The van der Waals surface area contributed by atoms with Gasteiger partial charge in [0.2, 0.25) is 5.91 Å². The molecule has 1 N–H and O–H groups in total. The molecule has 1 aliphatic rings. The first kappa shape index (κ1) is 16.5. The van der Waals surface area contributed by atoms with Crippen molar-refractivity contribution in [3.8, 4) is 0 Å². The van der Waals surface area contributed by atoms with Gasteiger partial charge in [-0.05, 0) is 19.8 Å². The number of imidazole rings is 1. The van der Waals surface area contributed by atoms with E-state index in [9.17, 15) is 18.0 Å². The van der Waals surface area contributed by atoms with Gasteiger partial charge in [-0.2, -0.15) is 18.3 Å². The molecule has 0 spiro atoms. The first-order chi connectivity index (χ1) is 11.3. The predicted molar refractivity (Wildman–Crippen MR) is 78.8 cm³/mol. The van der Waals surface area contributed by atoms with Crippen molar-refractivity contribution >= 4 is 5.91 Å². The van der Waals surface area contributed by atoms with Gasteiger partial charge in [-0.1, -0.05) is 0 Å². The topological polar surface area (TPSA) is 64.7 Å². The number of halogens is 3. The van der Waals surface area contributed by atoms with Crippen molar-refractivity contribution in [2.24, 2.45) is 13.0 Å². The third-order valence-corrected chi connectivity index (χ3v) is 4.29. The third kappa shape index (κ3) is 3.15. The van der Waals surface area contributed by atoms with Crippen LogP contribution in [0.25, 0.3) is 0 Å². The van der Waals surface area contributed by atoms with Crippen LogP contribution in [-0.4, -0.2) is 25.2 Å². The monoisotopic (exact) mass is 341 g/mol. The van der Waals surface area contributed by atoms with Crippen LogP contribution in [0.2, 0.25) is 0 Å². The molecule has 0 aliphatic carbocycles. The van der Waals surface area contributed by atoms with Crippen LogP contribution in [0.1, 0.15) is 29.2 Å². The first-order valence-corrected chi connectivity index (χ1v) is 7.64. The van der Waals surface area contributed by atoms with Crippen LogP contribution < -0.4 is 5.32 Å². The summed E-state index contributed by atoms with van der Waals surface area (Å²) in [5, 5.41) is 6.05. The quantitative estimate of drug-likeness (QED) is 0.926. The summed E-state index contributed by atoms with van der Waals surface area (Å²) in [6, 6.07) is 0. The van der Waals surface area contributed by atoms with Gasteiger partial charge in [0.1, 0.15) is 5.82 Å². The van der Waals surface area contributed by atoms with Gasteiger partial charge in [0.05, 0.1) is 5.92 Å². The molecule has 2 aromatic heterocycles. The predicted octanol–water partition coefficient (Wildman–Crippen LogP) is 1.82. The van der Waals surface area contributed by atoms with E-state index in [4.69, 9.17) is 0 Å². The molecule has 9 heteroatoms. The largest absolute Gasteiger partial charge is 0.435 e. The number of amides is 1. The summed E-state index contributed by atoms with van der Waals surface area (Å²) in [4.78, 5) is 16.6. The molecule has 3 rings (SSSR count). The number of carbonyl (C=O) groups is 1. The van der Waals surface area contributed by atoms with Crippen LogP contribution in [0.3, 0.4) is 0 Å². The van der Waals surface area contributed by atoms with E-state index in [1.807, 2.05) is 11.5 Å². The minimum Gasteiger partial charge on any atom is -0.352 e. The molecular weight excluding hydrogens is 323 g/mol. The zero-order valence-corrected chi connectivity index (χ0v) is 13.4. The third-order valence-electron chi connectivity index (χ3n) is 4.29. The highest BCUT2D eigenvalue weighted by Gasteiger charge is 2.37. The molecule has 1 aliphatic heterocycles. The number of aromatic nitrogens is 4. The summed E-state index contributed by atoms with van der Waals surface area (Å²) in [6.45, 7) is 2.19. The highest BCUT2D eigenvalue weighted by atomic mass is 19.4. The van der Waals surface area contributed by atoms with Gasteiger partial charge in [0.25, 0.3) is 0 Å². The number of nitrogens with one attached hydrogen (secondary N) is 1. The Labute approximate surface area is 136 Å². The molecular formula is C15H18F3N5O. The van der Waals surface area contributed by atoms with Gasteiger partial charge in [-0.3, -0.25) is 9.48 Å². The Morgan fingerprint density at radius 3 is 2.92 bits per heavy atom. The Bertz CT molecular complexity index is 762. The summed E-state index contributed by atoms with van der Waals surface area (Å²) in [5.41, 5.74) is 0.0958. The summed E-state index contributed by atoms with van der Waals surface area (Å²) in [5.74, 6) is 0.330. The molecule has 0 radical (unpaired) electrons. The average molecular weight is 341 g/mol. The number of hydrogen-bond acceptors (Lipinski definition) is 3. The molecule has 3 heterocycles. The van der Waals surface area contributed by atoms with Crippen LogP contribution in [0.5, 0.6) is 0 Å². The molecule has 2 aromatic rings. The van der Waals surface area contributed by atoms with Gasteiger partial charge in [-0.15, -0.1) is 0 Å². The lowest BCUT2D eigenvalue weighted by molar-refractivity contribution is -0.142. The SMILES string of the molecule is Cc1ncc2n1CC(C(=O)NCc1cn(C)nc1C(F)(F)F)CC2. The van der Waals surface area contributed by atoms with E-state index in [1.165, 1.54) is 13.2 Å². The number of rotatable bonds is 3. The lowest BCUT2D eigenvalue weighted by Crippen LogP contribution is -2.36. The van der Waals surface area contributed by atoms with Gasteiger partial charge in [0, 0.05) is 43.8 Å². The maximum absolute atomic E-state index is 12.9. The van der Waals surface area contributed by atoms with E-state index < -0.39 is 11.9 Å². The fourth-order valence-corrected chi connectivity index (χ4v) is 3.04. The summed E-state index contributed by atoms with van der Waals surface area (Å²) in [6.07, 6.45) is -0.0540. The van der Waals surface area contributed by atoms with E-state index in [-0.39, 0.29) is 23.9 Å². The van der Waals surface area contributed by atoms with Crippen LogP contribution >= 0.6 is 0 Å². The second-order valence-electron chi connectivity index (χ2n) is 6.04. The maximum atomic E-state index is 12.9. The summed E-state index contributed by atoms with van der Waals surface area (Å²) >= 11 is 0. The minimum atomic E-state index is -4.53. The fourth-order valence-electron chi connectivity index (χ4n) is 3.04. The number of nitrogens with zero attached hydrogens (tertiary/aromatic N) is 4. The zero-order valence-electron chi connectivity index (χ0n) is 13.4. The van der Waals surface area contributed by atoms with Crippen LogP contribution in [0.15, 0.2) is 12.4 Å². The molecule has 0 saturated heterocycles. The Hall–Kier alpha value is -2.32. The maximum Gasteiger partial charge on any atom is 0.435 e. The Morgan fingerprint density at radius 1 is 1.46 bits per heavy atom. The van der Waals surface area contributed by atoms with E-state index in [2.05, 4.69) is 15.4 Å². The number of hydrogen-bond donors (Lipinski definition) is 1. The van der Waals surface area contributed by atoms with Crippen molar-refractivity contribution in [1.82, 2.24) is 24.6 Å². The van der Waals surface area contributed by atoms with Crippen molar-refractivity contribution in [3.05, 3.63) is 35.2 Å². The van der Waals surface area contributed by atoms with Crippen LogP contribution in [0.4, 0.5) is 13.2 Å². The molecule has 130 valence electrons. The standard InChI is InChI=1S/C15H18F3N5O/c1-9-19-6-12-4-3-10(8-23(9)12)14(24)20-5-11-7-22(2)21-13(11)15(16,17)18/h6-7,10H,3-5,8H2,1-2H3,(H,20,24). The van der Waals surface area contributed by atoms with E-state index in [1.54, 1.807) is 6.20 Å². The molecule has 1 amide bonds. The lowest BCUT2D eigenvalue weighted by atomic mass is 9.97. The fraction of sp³-hybridized carbons (Fsp3) is 0.533. The number of aryl methyl sites for hydroxylation is 3. The molecule has 1 atom stereocenters. The number of carbonyl (C=O) groups excluding carboxylic acids is 1. The van der Waals surface area contributed by atoms with Gasteiger partial charge in [-0.25, -0.2) is 4.98 Å². The molecule has 24 heavy (non-hydrogen) atoms. The van der Waals surface area contributed by atoms with Crippen molar-refractivity contribution in [1.29, 1.82) is 0 Å². The first-order valence-electron chi connectivity index (χ1n) is 7.64. The highest BCUT2D eigenvalue weighted by Crippen LogP contribution is 2.30. The number of fused-ring (bicyclic) bond motifs is 1. The minimum absolute atomic E-state index is 0.0336. The van der Waals surface area contributed by atoms with Crippen molar-refractivity contribution < 1.29 is 18.0 Å². The van der Waals surface area contributed by atoms with Crippen LogP contribution in [-0.2, 0) is 37.5 Å². The molecule has 0 fully saturated rings. The zero-order chi connectivity index (χ0) is 17.5. The second kappa shape index (κ2) is 5.95. The van der Waals surface area contributed by atoms with E-state index in [0.717, 1.165) is 22.6 Å². The lowest BCUT2D eigenvalue weighted by Gasteiger charge is -2.24. The summed E-state index contributed by atoms with van der Waals surface area (Å²) < 4.78 is 41.8. The van der Waals surface area contributed by atoms with Gasteiger partial charge < -0.3 is 9.88 Å². The van der Waals surface area contributed by atoms with E-state index in [0.29, 0.717) is 13.0 Å². The average Bonchev–Trinajstić information content (AvgIpc) is 3.07. The number of alkyl halides is 3. The summed E-state index contributed by atoms with van der Waals surface area (Å²) in [7, 11) is 1.42. The Kier molecular flexibility index (Phi) is 4.10. The molecule has 1 unspecified atom stereocenters. The molecule has 0 saturated carbocycles. The van der Waals surface area contributed by atoms with Gasteiger partial charge in [0.15, 0.2) is 5.69 Å². The smallest absolute Gasteiger partial charge is 0.352 e.